The van der Waals surface area contributed by atoms with Crippen molar-refractivity contribution in [1.82, 2.24) is 5.32 Å². The van der Waals surface area contributed by atoms with Crippen molar-refractivity contribution in [3.8, 4) is 0 Å². The second-order valence-electron chi connectivity index (χ2n) is 1.94. The maximum absolute atomic E-state index is 11.9. The summed E-state index contributed by atoms with van der Waals surface area (Å²) in [4.78, 5) is 0. The SMILES string of the molecule is CNC(F)(F)C(F)(F)C(O)(F)F. The molecule has 0 spiro atoms. The molecular weight excluding hydrogens is 192 g/mol. The van der Waals surface area contributed by atoms with Crippen molar-refractivity contribution in [3.05, 3.63) is 0 Å². The summed E-state index contributed by atoms with van der Waals surface area (Å²) in [6, 6.07) is -5.16. The van der Waals surface area contributed by atoms with Gasteiger partial charge in [0.05, 0.1) is 0 Å². The molecular formula is C4H5F6NO. The average molecular weight is 197 g/mol. The minimum Gasteiger partial charge on any atom is -0.331 e. The van der Waals surface area contributed by atoms with Gasteiger partial charge in [-0.2, -0.15) is 26.3 Å². The minimum atomic E-state index is -5.84. The van der Waals surface area contributed by atoms with Gasteiger partial charge >= 0.3 is 18.1 Å². The molecule has 74 valence electrons. The highest BCUT2D eigenvalue weighted by atomic mass is 19.3. The second-order valence-corrected chi connectivity index (χ2v) is 1.94. The molecule has 0 amide bonds. The zero-order valence-corrected chi connectivity index (χ0v) is 5.72. The predicted octanol–water partition coefficient (Wildman–Crippen LogP) is 1.02. The van der Waals surface area contributed by atoms with Gasteiger partial charge in [0, 0.05) is 0 Å². The van der Waals surface area contributed by atoms with E-state index < -0.39 is 18.1 Å². The minimum absolute atomic E-state index is 0.361. The molecule has 12 heavy (non-hydrogen) atoms. The van der Waals surface area contributed by atoms with E-state index in [0.29, 0.717) is 12.4 Å². The summed E-state index contributed by atoms with van der Waals surface area (Å²) in [5.74, 6) is -5.84. The van der Waals surface area contributed by atoms with Crippen LogP contribution in [0.1, 0.15) is 0 Å². The highest BCUT2D eigenvalue weighted by molar-refractivity contribution is 4.87. The summed E-state index contributed by atoms with van der Waals surface area (Å²) in [5.41, 5.74) is 0. The van der Waals surface area contributed by atoms with Crippen LogP contribution in [0.5, 0.6) is 0 Å². The smallest absolute Gasteiger partial charge is 0.331 e. The third kappa shape index (κ3) is 1.63. The Morgan fingerprint density at radius 1 is 1.00 bits per heavy atom. The van der Waals surface area contributed by atoms with Crippen molar-refractivity contribution >= 4 is 0 Å². The molecule has 0 aliphatic rings. The van der Waals surface area contributed by atoms with Crippen molar-refractivity contribution in [2.75, 3.05) is 7.05 Å². The van der Waals surface area contributed by atoms with Gasteiger partial charge in [-0.1, -0.05) is 0 Å². The first-order valence-corrected chi connectivity index (χ1v) is 2.61. The summed E-state index contributed by atoms with van der Waals surface area (Å²) in [6.07, 6.45) is -5.76. The highest BCUT2D eigenvalue weighted by Gasteiger charge is 2.71. The lowest BCUT2D eigenvalue weighted by atomic mass is 10.2. The van der Waals surface area contributed by atoms with Gasteiger partial charge in [-0.25, -0.2) is 0 Å². The molecule has 0 radical (unpaired) electrons. The third-order valence-corrected chi connectivity index (χ3v) is 1.09. The van der Waals surface area contributed by atoms with E-state index in [9.17, 15) is 26.3 Å². The summed E-state index contributed by atoms with van der Waals surface area (Å²) >= 11 is 0. The Balaban J connectivity index is 4.85. The Kier molecular flexibility index (Phi) is 2.65. The monoisotopic (exact) mass is 197 g/mol. The Hall–Kier alpha value is -0.500. The lowest BCUT2D eigenvalue weighted by Crippen LogP contribution is -2.59. The van der Waals surface area contributed by atoms with Crippen molar-refractivity contribution in [2.24, 2.45) is 0 Å². The second kappa shape index (κ2) is 2.77. The maximum atomic E-state index is 11.9. The van der Waals surface area contributed by atoms with Crippen LogP contribution in [-0.2, 0) is 0 Å². The van der Waals surface area contributed by atoms with Crippen molar-refractivity contribution in [2.45, 2.75) is 18.1 Å². The Morgan fingerprint density at radius 2 is 1.33 bits per heavy atom. The first kappa shape index (κ1) is 11.5. The molecule has 0 aliphatic heterocycles. The van der Waals surface area contributed by atoms with Crippen LogP contribution in [0.3, 0.4) is 0 Å². The van der Waals surface area contributed by atoms with E-state index in [4.69, 9.17) is 5.11 Å². The van der Waals surface area contributed by atoms with Crippen LogP contribution in [0.25, 0.3) is 0 Å². The number of halogens is 6. The molecule has 0 saturated carbocycles. The molecule has 8 heteroatoms. The van der Waals surface area contributed by atoms with Crippen molar-refractivity contribution < 1.29 is 31.4 Å². The average Bonchev–Trinajstić information content (AvgIpc) is 1.85. The molecule has 0 aliphatic carbocycles. The molecule has 0 aromatic heterocycles. The number of alkyl halides is 6. The zero-order valence-electron chi connectivity index (χ0n) is 5.72. The number of nitrogens with one attached hydrogen (secondary N) is 1. The number of hydrogen-bond acceptors (Lipinski definition) is 2. The Bertz CT molecular complexity index is 163. The van der Waals surface area contributed by atoms with Crippen LogP contribution >= 0.6 is 0 Å². The van der Waals surface area contributed by atoms with E-state index in [1.54, 1.807) is 0 Å². The van der Waals surface area contributed by atoms with E-state index in [2.05, 4.69) is 0 Å². The molecule has 0 fully saturated rings. The summed E-state index contributed by atoms with van der Waals surface area (Å²) < 4.78 is 70.6. The van der Waals surface area contributed by atoms with E-state index in [-0.39, 0.29) is 0 Å². The van der Waals surface area contributed by atoms with Gasteiger partial charge in [0.15, 0.2) is 0 Å². The van der Waals surface area contributed by atoms with Gasteiger partial charge in [-0.05, 0) is 7.05 Å². The fourth-order valence-electron chi connectivity index (χ4n) is 0.346. The molecule has 0 rings (SSSR count). The van der Waals surface area contributed by atoms with Gasteiger partial charge in [0.25, 0.3) is 0 Å². The van der Waals surface area contributed by atoms with Gasteiger partial charge in [-0.3, -0.25) is 5.32 Å². The van der Waals surface area contributed by atoms with E-state index >= 15 is 0 Å². The molecule has 0 heterocycles. The summed E-state index contributed by atoms with van der Waals surface area (Å²) in [5, 5.41) is 8.07. The first-order valence-electron chi connectivity index (χ1n) is 2.61. The van der Waals surface area contributed by atoms with Crippen molar-refractivity contribution in [3.63, 3.8) is 0 Å². The lowest BCUT2D eigenvalue weighted by Gasteiger charge is -2.28. The molecule has 0 bridgehead atoms. The fraction of sp³-hybridized carbons (Fsp3) is 1.00. The Labute approximate surface area is 63.2 Å². The van der Waals surface area contributed by atoms with Crippen LogP contribution in [0.2, 0.25) is 0 Å². The highest BCUT2D eigenvalue weighted by Crippen LogP contribution is 2.42. The van der Waals surface area contributed by atoms with Crippen LogP contribution < -0.4 is 5.32 Å². The molecule has 0 aromatic rings. The van der Waals surface area contributed by atoms with E-state index in [1.165, 1.54) is 0 Å². The lowest BCUT2D eigenvalue weighted by molar-refractivity contribution is -0.388. The maximum Gasteiger partial charge on any atom is 0.424 e. The molecule has 0 saturated heterocycles. The number of hydrogen-bond donors (Lipinski definition) is 2. The van der Waals surface area contributed by atoms with Crippen molar-refractivity contribution in [1.29, 1.82) is 0 Å². The van der Waals surface area contributed by atoms with Crippen LogP contribution in [0.15, 0.2) is 0 Å². The van der Waals surface area contributed by atoms with Crippen LogP contribution in [-0.4, -0.2) is 30.2 Å². The normalized spacial score (nSPS) is 15.0. The standard InChI is InChI=1S/C4H5F6NO/c1-11-3(7,8)2(5,6)4(9,10)12/h11-12H,1H3. The van der Waals surface area contributed by atoms with E-state index in [0.717, 1.165) is 0 Å². The van der Waals surface area contributed by atoms with Gasteiger partial charge in [0.2, 0.25) is 0 Å². The largest absolute Gasteiger partial charge is 0.424 e. The molecule has 2 N–H and O–H groups in total. The molecule has 0 aromatic carbocycles. The third-order valence-electron chi connectivity index (χ3n) is 1.09. The molecule has 0 atom stereocenters. The topological polar surface area (TPSA) is 32.3 Å². The van der Waals surface area contributed by atoms with Crippen LogP contribution in [0.4, 0.5) is 26.3 Å². The molecule has 0 unspecified atom stereocenters. The molecule has 2 nitrogen and oxygen atoms in total. The number of aliphatic hydroxyl groups is 1. The van der Waals surface area contributed by atoms with Gasteiger partial charge < -0.3 is 5.11 Å². The number of rotatable bonds is 3. The Morgan fingerprint density at radius 3 is 1.42 bits per heavy atom. The van der Waals surface area contributed by atoms with Gasteiger partial charge in [-0.15, -0.1) is 0 Å². The van der Waals surface area contributed by atoms with Gasteiger partial charge in [0.1, 0.15) is 0 Å². The zero-order chi connectivity index (χ0) is 10.2. The fourth-order valence-corrected chi connectivity index (χ4v) is 0.346. The quantitative estimate of drug-likeness (QED) is 0.523. The van der Waals surface area contributed by atoms with Crippen LogP contribution in [0, 0.1) is 0 Å². The first-order chi connectivity index (χ1) is 5.06. The summed E-state index contributed by atoms with van der Waals surface area (Å²) in [6.45, 7) is 0. The summed E-state index contributed by atoms with van der Waals surface area (Å²) in [7, 11) is 0.361. The van der Waals surface area contributed by atoms with E-state index in [1.807, 2.05) is 0 Å². The predicted molar refractivity (Wildman–Crippen MR) is 26.1 cm³/mol.